The molecule has 130 valence electrons. The third-order valence-electron chi connectivity index (χ3n) is 3.95. The van der Waals surface area contributed by atoms with Crippen molar-refractivity contribution in [3.63, 3.8) is 0 Å². The Labute approximate surface area is 145 Å². The lowest BCUT2D eigenvalue weighted by atomic mass is 10.1. The summed E-state index contributed by atoms with van der Waals surface area (Å²) in [6, 6.07) is 0. The smallest absolute Gasteiger partial charge is 0.348 e. The van der Waals surface area contributed by atoms with Crippen molar-refractivity contribution in [3.8, 4) is 0 Å². The molecule has 0 aromatic carbocycles. The maximum absolute atomic E-state index is 12.3. The first-order chi connectivity index (χ1) is 11.4. The lowest BCUT2D eigenvalue weighted by molar-refractivity contribution is -0.00538. The summed E-state index contributed by atoms with van der Waals surface area (Å²) in [4.78, 5) is 24.9. The Balaban J connectivity index is 2.04. The SMILES string of the molecule is Cc1c(C(=O)OC(C)C)sc2ncnc(N3CC(C)OC(C)C3)c12. The minimum atomic E-state index is -0.292. The molecule has 2 aromatic rings. The summed E-state index contributed by atoms with van der Waals surface area (Å²) in [5.41, 5.74) is 0.892. The third-order valence-corrected chi connectivity index (χ3v) is 5.13. The first-order valence-corrected chi connectivity index (χ1v) is 9.04. The van der Waals surface area contributed by atoms with Crippen LogP contribution in [0.5, 0.6) is 0 Å². The summed E-state index contributed by atoms with van der Waals surface area (Å²) in [5, 5.41) is 0.944. The van der Waals surface area contributed by atoms with E-state index in [0.29, 0.717) is 4.88 Å². The fourth-order valence-electron chi connectivity index (χ4n) is 3.11. The molecule has 3 rings (SSSR count). The molecule has 2 unspecified atom stereocenters. The number of aromatic nitrogens is 2. The van der Waals surface area contributed by atoms with E-state index in [2.05, 4.69) is 28.7 Å². The van der Waals surface area contributed by atoms with Crippen molar-refractivity contribution in [1.82, 2.24) is 9.97 Å². The molecule has 1 aliphatic heterocycles. The molecule has 3 heterocycles. The Morgan fingerprint density at radius 1 is 1.33 bits per heavy atom. The first kappa shape index (κ1) is 17.1. The van der Waals surface area contributed by atoms with Crippen LogP contribution in [0.2, 0.25) is 0 Å². The van der Waals surface area contributed by atoms with Crippen molar-refractivity contribution in [2.24, 2.45) is 0 Å². The van der Waals surface area contributed by atoms with Gasteiger partial charge in [0.2, 0.25) is 0 Å². The molecule has 0 spiro atoms. The minimum Gasteiger partial charge on any atom is -0.459 e. The fraction of sp³-hybridized carbons (Fsp3) is 0.588. The van der Waals surface area contributed by atoms with Crippen molar-refractivity contribution in [2.45, 2.75) is 52.9 Å². The van der Waals surface area contributed by atoms with Gasteiger partial charge in [-0.15, -0.1) is 11.3 Å². The number of rotatable bonds is 3. The standard InChI is InChI=1S/C17H23N3O3S/c1-9(2)22-17(21)14-12(5)13-15(18-8-19-16(13)24-14)20-6-10(3)23-11(4)7-20/h8-11H,6-7H2,1-5H3. The highest BCUT2D eigenvalue weighted by Gasteiger charge is 2.27. The van der Waals surface area contributed by atoms with Gasteiger partial charge in [-0.05, 0) is 40.2 Å². The number of hydrogen-bond acceptors (Lipinski definition) is 7. The number of morpholine rings is 1. The zero-order chi connectivity index (χ0) is 17.4. The van der Waals surface area contributed by atoms with E-state index < -0.39 is 0 Å². The zero-order valence-corrected chi connectivity index (χ0v) is 15.5. The monoisotopic (exact) mass is 349 g/mol. The molecule has 0 radical (unpaired) electrons. The number of aryl methyl sites for hydroxylation is 1. The fourth-order valence-corrected chi connectivity index (χ4v) is 4.13. The van der Waals surface area contributed by atoms with Crippen molar-refractivity contribution in [3.05, 3.63) is 16.8 Å². The highest BCUT2D eigenvalue weighted by molar-refractivity contribution is 7.20. The lowest BCUT2D eigenvalue weighted by Crippen LogP contribution is -2.46. The molecule has 0 bridgehead atoms. The van der Waals surface area contributed by atoms with Crippen LogP contribution in [-0.2, 0) is 9.47 Å². The van der Waals surface area contributed by atoms with Crippen LogP contribution in [0.3, 0.4) is 0 Å². The number of anilines is 1. The summed E-state index contributed by atoms with van der Waals surface area (Å²) in [7, 11) is 0. The Hall–Kier alpha value is -1.73. The highest BCUT2D eigenvalue weighted by Crippen LogP contribution is 2.36. The largest absolute Gasteiger partial charge is 0.459 e. The van der Waals surface area contributed by atoms with E-state index >= 15 is 0 Å². The number of nitrogens with zero attached hydrogens (tertiary/aromatic N) is 3. The van der Waals surface area contributed by atoms with Crippen LogP contribution in [0, 0.1) is 6.92 Å². The number of carbonyl (C=O) groups is 1. The van der Waals surface area contributed by atoms with Crippen LogP contribution in [0.25, 0.3) is 10.2 Å². The van der Waals surface area contributed by atoms with Crippen LogP contribution in [0.4, 0.5) is 5.82 Å². The summed E-state index contributed by atoms with van der Waals surface area (Å²) < 4.78 is 11.2. The van der Waals surface area contributed by atoms with E-state index in [1.807, 2.05) is 20.8 Å². The Morgan fingerprint density at radius 3 is 2.62 bits per heavy atom. The predicted molar refractivity (Wildman–Crippen MR) is 94.9 cm³/mol. The Kier molecular flexibility index (Phi) is 4.73. The van der Waals surface area contributed by atoms with Gasteiger partial charge in [-0.3, -0.25) is 0 Å². The van der Waals surface area contributed by atoms with Crippen LogP contribution in [0.1, 0.15) is 42.9 Å². The van der Waals surface area contributed by atoms with Crippen LogP contribution >= 0.6 is 11.3 Å². The number of fused-ring (bicyclic) bond motifs is 1. The van der Waals surface area contributed by atoms with Gasteiger partial charge in [0.1, 0.15) is 21.9 Å². The Morgan fingerprint density at radius 2 is 2.00 bits per heavy atom. The van der Waals surface area contributed by atoms with Gasteiger partial charge < -0.3 is 14.4 Å². The molecule has 1 aliphatic rings. The highest BCUT2D eigenvalue weighted by atomic mass is 32.1. The van der Waals surface area contributed by atoms with E-state index in [1.165, 1.54) is 11.3 Å². The van der Waals surface area contributed by atoms with E-state index in [-0.39, 0.29) is 24.3 Å². The second kappa shape index (κ2) is 6.64. The van der Waals surface area contributed by atoms with Gasteiger partial charge in [0, 0.05) is 13.1 Å². The second-order valence-corrected chi connectivity index (χ2v) is 7.55. The zero-order valence-electron chi connectivity index (χ0n) is 14.7. The number of ether oxygens (including phenoxy) is 2. The summed E-state index contributed by atoms with van der Waals surface area (Å²) in [6.07, 6.45) is 1.70. The molecular formula is C17H23N3O3S. The number of thiophene rings is 1. The van der Waals surface area contributed by atoms with Gasteiger partial charge in [0.25, 0.3) is 0 Å². The van der Waals surface area contributed by atoms with Gasteiger partial charge in [0.05, 0.1) is 23.7 Å². The molecule has 0 N–H and O–H groups in total. The van der Waals surface area contributed by atoms with Crippen LogP contribution < -0.4 is 4.90 Å². The third kappa shape index (κ3) is 3.23. The van der Waals surface area contributed by atoms with Crippen molar-refractivity contribution >= 4 is 33.3 Å². The van der Waals surface area contributed by atoms with Gasteiger partial charge in [-0.25, -0.2) is 14.8 Å². The topological polar surface area (TPSA) is 64.5 Å². The van der Waals surface area contributed by atoms with Crippen LogP contribution in [0.15, 0.2) is 6.33 Å². The lowest BCUT2D eigenvalue weighted by Gasteiger charge is -2.36. The van der Waals surface area contributed by atoms with E-state index in [9.17, 15) is 4.79 Å². The van der Waals surface area contributed by atoms with Gasteiger partial charge in [-0.2, -0.15) is 0 Å². The minimum absolute atomic E-state index is 0.142. The van der Waals surface area contributed by atoms with Crippen LogP contribution in [-0.4, -0.2) is 47.3 Å². The molecule has 2 atom stereocenters. The van der Waals surface area contributed by atoms with E-state index in [4.69, 9.17) is 9.47 Å². The maximum Gasteiger partial charge on any atom is 0.348 e. The molecular weight excluding hydrogens is 326 g/mol. The Bertz CT molecular complexity index is 749. The summed E-state index contributed by atoms with van der Waals surface area (Å²) >= 11 is 1.37. The molecule has 6 nitrogen and oxygen atoms in total. The van der Waals surface area contributed by atoms with Gasteiger partial charge in [0.15, 0.2) is 0 Å². The average Bonchev–Trinajstić information content (AvgIpc) is 2.83. The van der Waals surface area contributed by atoms with Crippen molar-refractivity contribution < 1.29 is 14.3 Å². The predicted octanol–water partition coefficient (Wildman–Crippen LogP) is 3.18. The van der Waals surface area contributed by atoms with Crippen molar-refractivity contribution in [1.29, 1.82) is 0 Å². The molecule has 0 amide bonds. The number of esters is 1. The second-order valence-electron chi connectivity index (χ2n) is 6.55. The molecule has 7 heteroatoms. The summed E-state index contributed by atoms with van der Waals surface area (Å²) in [5.74, 6) is 0.583. The molecule has 0 aliphatic carbocycles. The molecule has 0 saturated carbocycles. The number of hydrogen-bond donors (Lipinski definition) is 0. The first-order valence-electron chi connectivity index (χ1n) is 8.22. The molecule has 1 saturated heterocycles. The van der Waals surface area contributed by atoms with E-state index in [1.54, 1.807) is 6.33 Å². The summed E-state index contributed by atoms with van der Waals surface area (Å²) in [6.45, 7) is 11.3. The van der Waals surface area contributed by atoms with Crippen molar-refractivity contribution in [2.75, 3.05) is 18.0 Å². The molecule has 2 aromatic heterocycles. The normalized spacial score (nSPS) is 21.5. The number of carbonyl (C=O) groups excluding carboxylic acids is 1. The van der Waals surface area contributed by atoms with Gasteiger partial charge >= 0.3 is 5.97 Å². The molecule has 1 fully saturated rings. The quantitative estimate of drug-likeness (QED) is 0.793. The molecule has 24 heavy (non-hydrogen) atoms. The van der Waals surface area contributed by atoms with E-state index in [0.717, 1.165) is 34.7 Å². The van der Waals surface area contributed by atoms with Gasteiger partial charge in [-0.1, -0.05) is 0 Å². The average molecular weight is 349 g/mol. The maximum atomic E-state index is 12.3.